The molecular formula is C15H13Br3FN. The summed E-state index contributed by atoms with van der Waals surface area (Å²) >= 11 is 10.6. The van der Waals surface area contributed by atoms with Crippen LogP contribution >= 0.6 is 47.8 Å². The Bertz CT molecular complexity index is 643. The summed E-state index contributed by atoms with van der Waals surface area (Å²) in [4.78, 5) is 0. The SMILES string of the molecule is CNC(c1cc(F)ccc1Br)c1cc(Br)c(C)cc1Br. The predicted octanol–water partition coefficient (Wildman–Crippen LogP) is 5.73. The van der Waals surface area contributed by atoms with Crippen molar-refractivity contribution in [3.05, 3.63) is 66.3 Å². The van der Waals surface area contributed by atoms with E-state index in [1.807, 2.05) is 14.0 Å². The molecule has 0 heterocycles. The van der Waals surface area contributed by atoms with E-state index in [1.54, 1.807) is 12.1 Å². The van der Waals surface area contributed by atoms with Crippen LogP contribution in [0.15, 0.2) is 43.7 Å². The van der Waals surface area contributed by atoms with Crippen molar-refractivity contribution in [2.45, 2.75) is 13.0 Å². The molecule has 5 heteroatoms. The summed E-state index contributed by atoms with van der Waals surface area (Å²) in [7, 11) is 1.86. The smallest absolute Gasteiger partial charge is 0.123 e. The molecule has 1 nitrogen and oxygen atoms in total. The van der Waals surface area contributed by atoms with Crippen LogP contribution in [0, 0.1) is 12.7 Å². The van der Waals surface area contributed by atoms with Crippen molar-refractivity contribution in [1.29, 1.82) is 0 Å². The molecule has 2 aromatic rings. The molecule has 0 saturated heterocycles. The van der Waals surface area contributed by atoms with E-state index in [0.717, 1.165) is 30.1 Å². The fraction of sp³-hybridized carbons (Fsp3) is 0.200. The van der Waals surface area contributed by atoms with Crippen LogP contribution in [0.3, 0.4) is 0 Å². The summed E-state index contributed by atoms with van der Waals surface area (Å²) < 4.78 is 16.4. The Morgan fingerprint density at radius 2 is 1.60 bits per heavy atom. The molecule has 0 saturated carbocycles. The number of nitrogens with one attached hydrogen (secondary N) is 1. The molecule has 0 aliphatic heterocycles. The summed E-state index contributed by atoms with van der Waals surface area (Å²) in [5.74, 6) is -0.245. The second kappa shape index (κ2) is 6.69. The van der Waals surface area contributed by atoms with Crippen LogP contribution in [0.5, 0.6) is 0 Å². The zero-order valence-electron chi connectivity index (χ0n) is 11.0. The average molecular weight is 466 g/mol. The quantitative estimate of drug-likeness (QED) is 0.610. The highest BCUT2D eigenvalue weighted by Gasteiger charge is 2.19. The number of aryl methyl sites for hydroxylation is 1. The Labute approximate surface area is 143 Å². The number of benzene rings is 2. The molecule has 2 aromatic carbocycles. The van der Waals surface area contributed by atoms with Crippen molar-refractivity contribution in [1.82, 2.24) is 5.32 Å². The highest BCUT2D eigenvalue weighted by Crippen LogP contribution is 2.35. The molecule has 1 atom stereocenters. The van der Waals surface area contributed by atoms with Gasteiger partial charge in [0.15, 0.2) is 0 Å². The van der Waals surface area contributed by atoms with Gasteiger partial charge in [-0.15, -0.1) is 0 Å². The van der Waals surface area contributed by atoms with Crippen LogP contribution in [-0.2, 0) is 0 Å². The second-order valence-corrected chi connectivity index (χ2v) is 7.07. The van der Waals surface area contributed by atoms with Gasteiger partial charge in [-0.3, -0.25) is 0 Å². The first-order valence-corrected chi connectivity index (χ1v) is 8.39. The maximum Gasteiger partial charge on any atom is 0.123 e. The van der Waals surface area contributed by atoms with Gasteiger partial charge in [0.1, 0.15) is 5.82 Å². The van der Waals surface area contributed by atoms with Crippen molar-refractivity contribution >= 4 is 47.8 Å². The summed E-state index contributed by atoms with van der Waals surface area (Å²) in [6, 6.07) is 8.72. The Hall–Kier alpha value is -0.230. The van der Waals surface area contributed by atoms with E-state index in [4.69, 9.17) is 0 Å². The molecule has 106 valence electrons. The average Bonchev–Trinajstić information content (AvgIpc) is 2.40. The van der Waals surface area contributed by atoms with Gasteiger partial charge in [0.25, 0.3) is 0 Å². The van der Waals surface area contributed by atoms with E-state index in [2.05, 4.69) is 65.2 Å². The van der Waals surface area contributed by atoms with Gasteiger partial charge in [-0.25, -0.2) is 4.39 Å². The molecule has 1 unspecified atom stereocenters. The number of halogens is 4. The van der Waals surface area contributed by atoms with Crippen molar-refractivity contribution in [3.8, 4) is 0 Å². The molecule has 20 heavy (non-hydrogen) atoms. The van der Waals surface area contributed by atoms with Gasteiger partial charge >= 0.3 is 0 Å². The fourth-order valence-electron chi connectivity index (χ4n) is 2.10. The molecule has 0 radical (unpaired) electrons. The Kier molecular flexibility index (Phi) is 5.40. The molecule has 1 N–H and O–H groups in total. The molecule has 0 bridgehead atoms. The van der Waals surface area contributed by atoms with Gasteiger partial charge < -0.3 is 5.32 Å². The lowest BCUT2D eigenvalue weighted by Crippen LogP contribution is -2.19. The minimum atomic E-state index is -0.245. The van der Waals surface area contributed by atoms with E-state index in [-0.39, 0.29) is 11.9 Å². The lowest BCUT2D eigenvalue weighted by atomic mass is 9.98. The fourth-order valence-corrected chi connectivity index (χ4v) is 3.62. The van der Waals surface area contributed by atoms with Crippen LogP contribution in [-0.4, -0.2) is 7.05 Å². The molecule has 0 spiro atoms. The van der Waals surface area contributed by atoms with Crippen LogP contribution in [0.25, 0.3) is 0 Å². The number of hydrogen-bond acceptors (Lipinski definition) is 1. The largest absolute Gasteiger partial charge is 0.309 e. The molecule has 0 fully saturated rings. The van der Waals surface area contributed by atoms with Gasteiger partial charge in [0.05, 0.1) is 6.04 Å². The summed E-state index contributed by atoms with van der Waals surface area (Å²) in [6.07, 6.45) is 0. The highest BCUT2D eigenvalue weighted by molar-refractivity contribution is 9.11. The molecule has 0 aliphatic carbocycles. The third-order valence-corrected chi connectivity index (χ3v) is 5.41. The third-order valence-electron chi connectivity index (χ3n) is 3.15. The monoisotopic (exact) mass is 463 g/mol. The maximum atomic E-state index is 13.5. The molecule has 2 rings (SSSR count). The van der Waals surface area contributed by atoms with Crippen molar-refractivity contribution in [2.75, 3.05) is 7.05 Å². The van der Waals surface area contributed by atoms with E-state index in [1.165, 1.54) is 6.07 Å². The standard InChI is InChI=1S/C15H13Br3FN/c1-8-5-14(18)11(7-13(8)17)15(20-2)10-6-9(19)3-4-12(10)16/h3-7,15,20H,1-2H3. The lowest BCUT2D eigenvalue weighted by molar-refractivity contribution is 0.615. The molecule has 0 amide bonds. The second-order valence-electron chi connectivity index (χ2n) is 4.51. The molecule has 0 aromatic heterocycles. The Morgan fingerprint density at radius 3 is 2.25 bits per heavy atom. The molecular weight excluding hydrogens is 453 g/mol. The topological polar surface area (TPSA) is 12.0 Å². The first-order chi connectivity index (χ1) is 9.43. The van der Waals surface area contributed by atoms with E-state index < -0.39 is 0 Å². The van der Waals surface area contributed by atoms with E-state index in [9.17, 15) is 4.39 Å². The first-order valence-electron chi connectivity index (χ1n) is 6.01. The normalized spacial score (nSPS) is 12.5. The summed E-state index contributed by atoms with van der Waals surface area (Å²) in [6.45, 7) is 2.03. The van der Waals surface area contributed by atoms with Gasteiger partial charge in [0.2, 0.25) is 0 Å². The predicted molar refractivity (Wildman–Crippen MR) is 91.6 cm³/mol. The number of hydrogen-bond donors (Lipinski definition) is 1. The zero-order chi connectivity index (χ0) is 14.9. The van der Waals surface area contributed by atoms with Gasteiger partial charge in [0, 0.05) is 13.4 Å². The first kappa shape index (κ1) is 16.1. The summed E-state index contributed by atoms with van der Waals surface area (Å²) in [5, 5.41) is 3.24. The zero-order valence-corrected chi connectivity index (χ0v) is 15.7. The van der Waals surface area contributed by atoms with Crippen LogP contribution in [0.4, 0.5) is 4.39 Å². The minimum Gasteiger partial charge on any atom is -0.309 e. The van der Waals surface area contributed by atoms with E-state index >= 15 is 0 Å². The van der Waals surface area contributed by atoms with Crippen LogP contribution in [0.1, 0.15) is 22.7 Å². The van der Waals surface area contributed by atoms with Gasteiger partial charge in [-0.2, -0.15) is 0 Å². The molecule has 0 aliphatic rings. The van der Waals surface area contributed by atoms with Crippen LogP contribution in [0.2, 0.25) is 0 Å². The summed E-state index contributed by atoms with van der Waals surface area (Å²) in [5.41, 5.74) is 3.06. The van der Waals surface area contributed by atoms with Crippen LogP contribution < -0.4 is 5.32 Å². The third kappa shape index (κ3) is 3.32. The van der Waals surface area contributed by atoms with Crippen molar-refractivity contribution in [2.24, 2.45) is 0 Å². The van der Waals surface area contributed by atoms with Gasteiger partial charge in [-0.1, -0.05) is 47.8 Å². The number of rotatable bonds is 3. The lowest BCUT2D eigenvalue weighted by Gasteiger charge is -2.21. The minimum absolute atomic E-state index is 0.105. The van der Waals surface area contributed by atoms with Crippen molar-refractivity contribution in [3.63, 3.8) is 0 Å². The Morgan fingerprint density at radius 1 is 0.950 bits per heavy atom. The van der Waals surface area contributed by atoms with E-state index in [0.29, 0.717) is 0 Å². The van der Waals surface area contributed by atoms with Gasteiger partial charge in [-0.05, 0) is 61.0 Å². The maximum absolute atomic E-state index is 13.5. The van der Waals surface area contributed by atoms with Crippen molar-refractivity contribution < 1.29 is 4.39 Å². The Balaban J connectivity index is 2.58. The highest BCUT2D eigenvalue weighted by atomic mass is 79.9.